The van der Waals surface area contributed by atoms with E-state index < -0.39 is 22.0 Å². The van der Waals surface area contributed by atoms with Crippen LogP contribution in [0.5, 0.6) is 0 Å². The highest BCUT2D eigenvalue weighted by Crippen LogP contribution is 2.17. The molecule has 2 atom stereocenters. The summed E-state index contributed by atoms with van der Waals surface area (Å²) in [5.41, 5.74) is 0.952. The second-order valence-corrected chi connectivity index (χ2v) is 7.09. The molecule has 0 bridgehead atoms. The lowest BCUT2D eigenvalue weighted by Crippen LogP contribution is -2.38. The van der Waals surface area contributed by atoms with Crippen molar-refractivity contribution < 1.29 is 18.3 Å². The van der Waals surface area contributed by atoms with Gasteiger partial charge in [0.25, 0.3) is 0 Å². The van der Waals surface area contributed by atoms with Crippen LogP contribution in [-0.2, 0) is 14.8 Å². The molecule has 1 rings (SSSR count). The van der Waals surface area contributed by atoms with E-state index in [1.807, 2.05) is 44.2 Å². The molecule has 0 amide bonds. The molecule has 1 aromatic rings. The number of carbonyl (C=O) groups is 1. The first-order chi connectivity index (χ1) is 9.84. The molecular weight excluding hydrogens is 290 g/mol. The van der Waals surface area contributed by atoms with E-state index in [-0.39, 0.29) is 18.1 Å². The molecule has 0 saturated carbocycles. The molecule has 0 fully saturated rings. The van der Waals surface area contributed by atoms with Crippen LogP contribution in [0.15, 0.2) is 30.3 Å². The van der Waals surface area contributed by atoms with Crippen molar-refractivity contribution in [3.8, 4) is 0 Å². The largest absolute Gasteiger partial charge is 0.481 e. The third kappa shape index (κ3) is 6.73. The molecule has 0 aliphatic heterocycles. The van der Waals surface area contributed by atoms with Crippen molar-refractivity contribution in [1.82, 2.24) is 4.72 Å². The van der Waals surface area contributed by atoms with Crippen molar-refractivity contribution in [2.45, 2.75) is 45.1 Å². The Kier molecular flexibility index (Phi) is 6.84. The maximum absolute atomic E-state index is 12.2. The zero-order chi connectivity index (χ0) is 15.9. The van der Waals surface area contributed by atoms with Crippen LogP contribution in [0.25, 0.3) is 0 Å². The van der Waals surface area contributed by atoms with Crippen molar-refractivity contribution in [3.05, 3.63) is 35.9 Å². The van der Waals surface area contributed by atoms with E-state index in [0.29, 0.717) is 6.42 Å². The summed E-state index contributed by atoms with van der Waals surface area (Å²) < 4.78 is 26.9. The summed E-state index contributed by atoms with van der Waals surface area (Å²) in [7, 11) is -3.51. The van der Waals surface area contributed by atoms with Crippen molar-refractivity contribution in [1.29, 1.82) is 0 Å². The molecular formula is C15H23NO4S. The fourth-order valence-corrected chi connectivity index (χ4v) is 3.93. The SMILES string of the molecule is CCCC(CC(=O)O)NS(=O)(=O)CC(C)c1ccccc1. The highest BCUT2D eigenvalue weighted by molar-refractivity contribution is 7.89. The monoisotopic (exact) mass is 313 g/mol. The van der Waals surface area contributed by atoms with Crippen molar-refractivity contribution in [2.24, 2.45) is 0 Å². The highest BCUT2D eigenvalue weighted by atomic mass is 32.2. The minimum atomic E-state index is -3.51. The molecule has 0 radical (unpaired) electrons. The summed E-state index contributed by atoms with van der Waals surface area (Å²) in [6, 6.07) is 8.86. The first kappa shape index (κ1) is 17.7. The highest BCUT2D eigenvalue weighted by Gasteiger charge is 2.22. The van der Waals surface area contributed by atoms with E-state index in [1.165, 1.54) is 0 Å². The Balaban J connectivity index is 2.69. The fourth-order valence-electron chi connectivity index (χ4n) is 2.27. The van der Waals surface area contributed by atoms with E-state index in [9.17, 15) is 13.2 Å². The zero-order valence-corrected chi connectivity index (χ0v) is 13.3. The van der Waals surface area contributed by atoms with Crippen LogP contribution in [0.3, 0.4) is 0 Å². The van der Waals surface area contributed by atoms with Gasteiger partial charge in [-0.25, -0.2) is 13.1 Å². The quantitative estimate of drug-likeness (QED) is 0.733. The van der Waals surface area contributed by atoms with Crippen molar-refractivity contribution in [2.75, 3.05) is 5.75 Å². The van der Waals surface area contributed by atoms with Crippen LogP contribution in [-0.4, -0.2) is 31.3 Å². The average Bonchev–Trinajstić information content (AvgIpc) is 2.38. The average molecular weight is 313 g/mol. The van der Waals surface area contributed by atoms with Crippen molar-refractivity contribution >= 4 is 16.0 Å². The first-order valence-electron chi connectivity index (χ1n) is 7.10. The number of hydrogen-bond donors (Lipinski definition) is 2. The summed E-state index contributed by atoms with van der Waals surface area (Å²) in [6.07, 6.45) is 1.06. The molecule has 5 nitrogen and oxygen atoms in total. The molecule has 0 saturated heterocycles. The Morgan fingerprint density at radius 2 is 1.90 bits per heavy atom. The van der Waals surface area contributed by atoms with Crippen LogP contribution in [0, 0.1) is 0 Å². The van der Waals surface area contributed by atoms with E-state index in [4.69, 9.17) is 5.11 Å². The van der Waals surface area contributed by atoms with Gasteiger partial charge in [0.1, 0.15) is 0 Å². The third-order valence-corrected chi connectivity index (χ3v) is 4.87. The molecule has 118 valence electrons. The predicted molar refractivity (Wildman–Crippen MR) is 82.7 cm³/mol. The van der Waals surface area contributed by atoms with E-state index in [1.54, 1.807) is 0 Å². The third-order valence-electron chi connectivity index (χ3n) is 3.24. The van der Waals surface area contributed by atoms with Gasteiger partial charge in [-0.05, 0) is 17.9 Å². The molecule has 0 aliphatic carbocycles. The fraction of sp³-hybridized carbons (Fsp3) is 0.533. The van der Waals surface area contributed by atoms with Gasteiger partial charge in [0.05, 0.1) is 12.2 Å². The lowest BCUT2D eigenvalue weighted by Gasteiger charge is -2.18. The minimum Gasteiger partial charge on any atom is -0.481 e. The number of nitrogens with one attached hydrogen (secondary N) is 1. The van der Waals surface area contributed by atoms with Gasteiger partial charge in [-0.3, -0.25) is 4.79 Å². The number of aliphatic carboxylic acids is 1. The maximum Gasteiger partial charge on any atom is 0.304 e. The summed E-state index contributed by atoms with van der Waals surface area (Å²) in [6.45, 7) is 3.75. The molecule has 0 aliphatic rings. The summed E-state index contributed by atoms with van der Waals surface area (Å²) in [5, 5.41) is 8.83. The number of rotatable bonds is 9. The second-order valence-electron chi connectivity index (χ2n) is 5.29. The van der Waals surface area contributed by atoms with Crippen LogP contribution in [0.4, 0.5) is 0 Å². The minimum absolute atomic E-state index is 0.0448. The number of hydrogen-bond acceptors (Lipinski definition) is 3. The van der Waals surface area contributed by atoms with Crippen LogP contribution < -0.4 is 4.72 Å². The van der Waals surface area contributed by atoms with Gasteiger partial charge in [-0.15, -0.1) is 0 Å². The Labute approximate surface area is 126 Å². The Bertz CT molecular complexity index is 542. The first-order valence-corrected chi connectivity index (χ1v) is 8.76. The number of sulfonamides is 1. The van der Waals surface area contributed by atoms with Gasteiger partial charge >= 0.3 is 5.97 Å². The van der Waals surface area contributed by atoms with E-state index >= 15 is 0 Å². The molecule has 6 heteroatoms. The van der Waals surface area contributed by atoms with Gasteiger partial charge < -0.3 is 5.11 Å². The van der Waals surface area contributed by atoms with Gasteiger partial charge in [0, 0.05) is 6.04 Å². The Morgan fingerprint density at radius 1 is 1.29 bits per heavy atom. The Morgan fingerprint density at radius 3 is 2.43 bits per heavy atom. The maximum atomic E-state index is 12.2. The summed E-state index contributed by atoms with van der Waals surface area (Å²) >= 11 is 0. The number of carboxylic acid groups (broad SMARTS) is 1. The van der Waals surface area contributed by atoms with Gasteiger partial charge in [0.2, 0.25) is 10.0 Å². The van der Waals surface area contributed by atoms with Gasteiger partial charge in [-0.1, -0.05) is 50.6 Å². The zero-order valence-electron chi connectivity index (χ0n) is 12.5. The molecule has 1 aromatic carbocycles. The molecule has 0 aromatic heterocycles. The van der Waals surface area contributed by atoms with Crippen LogP contribution in [0.2, 0.25) is 0 Å². The standard InChI is InChI=1S/C15H23NO4S/c1-3-7-14(10-15(17)18)16-21(19,20)11-12(2)13-8-5-4-6-9-13/h4-6,8-9,12,14,16H,3,7,10-11H2,1-2H3,(H,17,18). The normalized spacial score (nSPS) is 14.6. The van der Waals surface area contributed by atoms with Gasteiger partial charge in [-0.2, -0.15) is 0 Å². The second kappa shape index (κ2) is 8.14. The topological polar surface area (TPSA) is 83.5 Å². The predicted octanol–water partition coefficient (Wildman–Crippen LogP) is 2.35. The molecule has 0 heterocycles. The molecule has 0 spiro atoms. The van der Waals surface area contributed by atoms with Gasteiger partial charge in [0.15, 0.2) is 0 Å². The van der Waals surface area contributed by atoms with E-state index in [0.717, 1.165) is 12.0 Å². The van der Waals surface area contributed by atoms with Crippen LogP contribution in [0.1, 0.15) is 44.6 Å². The Hall–Kier alpha value is -1.40. The molecule has 21 heavy (non-hydrogen) atoms. The lowest BCUT2D eigenvalue weighted by molar-refractivity contribution is -0.137. The van der Waals surface area contributed by atoms with Crippen molar-refractivity contribution in [3.63, 3.8) is 0 Å². The summed E-state index contributed by atoms with van der Waals surface area (Å²) in [5.74, 6) is -1.18. The molecule has 2 N–H and O–H groups in total. The van der Waals surface area contributed by atoms with E-state index in [2.05, 4.69) is 4.72 Å². The van der Waals surface area contributed by atoms with Crippen LogP contribution >= 0.6 is 0 Å². The number of carboxylic acids is 1. The summed E-state index contributed by atoms with van der Waals surface area (Å²) in [4.78, 5) is 10.8. The number of benzene rings is 1. The molecule has 2 unspecified atom stereocenters. The smallest absolute Gasteiger partial charge is 0.304 e. The lowest BCUT2D eigenvalue weighted by atomic mass is 10.0.